The van der Waals surface area contributed by atoms with Crippen molar-refractivity contribution in [2.75, 3.05) is 5.32 Å². The molecule has 4 nitrogen and oxygen atoms in total. The van der Waals surface area contributed by atoms with Crippen LogP contribution in [0, 0.1) is 12.7 Å². The summed E-state index contributed by atoms with van der Waals surface area (Å²) in [6.07, 6.45) is 0. The number of anilines is 1. The summed E-state index contributed by atoms with van der Waals surface area (Å²) in [6, 6.07) is 3.99. The molecule has 1 heterocycles. The molecule has 1 aromatic carbocycles. The molecule has 0 spiro atoms. The average Bonchev–Trinajstić information content (AvgIpc) is 2.76. The summed E-state index contributed by atoms with van der Waals surface area (Å²) in [4.78, 5) is 12.3. The lowest BCUT2D eigenvalue weighted by atomic mass is 10.0. The minimum absolute atomic E-state index is 0.0359. The number of hydrogen-bond donors (Lipinski definition) is 1. The summed E-state index contributed by atoms with van der Waals surface area (Å²) < 4.78 is 18.2. The van der Waals surface area contributed by atoms with Crippen LogP contribution < -0.4 is 5.32 Å². The fraction of sp³-hybridized carbons (Fsp3) is 0.286. The summed E-state index contributed by atoms with van der Waals surface area (Å²) in [6.45, 7) is 5.51. The molecule has 0 unspecified atom stereocenters. The fourth-order valence-electron chi connectivity index (χ4n) is 1.82. The zero-order chi connectivity index (χ0) is 14.9. The van der Waals surface area contributed by atoms with Crippen LogP contribution in [-0.2, 0) is 0 Å². The first kappa shape index (κ1) is 14.5. The van der Waals surface area contributed by atoms with E-state index in [1.165, 1.54) is 18.2 Å². The van der Waals surface area contributed by atoms with Gasteiger partial charge >= 0.3 is 0 Å². The van der Waals surface area contributed by atoms with E-state index in [0.717, 1.165) is 0 Å². The number of carbonyl (C=O) groups excluding carboxylic acids is 1. The van der Waals surface area contributed by atoms with E-state index in [9.17, 15) is 9.18 Å². The van der Waals surface area contributed by atoms with Crippen LogP contribution in [0.1, 0.15) is 41.6 Å². The van der Waals surface area contributed by atoms with E-state index in [1.807, 2.05) is 13.8 Å². The Morgan fingerprint density at radius 3 is 2.75 bits per heavy atom. The van der Waals surface area contributed by atoms with Gasteiger partial charge in [-0.15, -0.1) is 0 Å². The highest BCUT2D eigenvalue weighted by Gasteiger charge is 2.22. The van der Waals surface area contributed by atoms with Gasteiger partial charge in [0.25, 0.3) is 5.91 Å². The van der Waals surface area contributed by atoms with Gasteiger partial charge in [0.1, 0.15) is 11.4 Å². The van der Waals surface area contributed by atoms with Gasteiger partial charge < -0.3 is 9.84 Å². The van der Waals surface area contributed by atoms with Crippen LogP contribution in [0.2, 0.25) is 5.02 Å². The summed E-state index contributed by atoms with van der Waals surface area (Å²) >= 11 is 5.68. The maximum atomic E-state index is 13.1. The van der Waals surface area contributed by atoms with Gasteiger partial charge in [-0.3, -0.25) is 4.79 Å². The highest BCUT2D eigenvalue weighted by molar-refractivity contribution is 6.31. The van der Waals surface area contributed by atoms with Crippen LogP contribution in [0.5, 0.6) is 0 Å². The smallest absolute Gasteiger partial charge is 0.261 e. The molecule has 0 aliphatic heterocycles. The number of aromatic nitrogens is 1. The van der Waals surface area contributed by atoms with Gasteiger partial charge in [-0.25, -0.2) is 4.39 Å². The van der Waals surface area contributed by atoms with Crippen molar-refractivity contribution in [3.05, 3.63) is 46.1 Å². The lowest BCUT2D eigenvalue weighted by Crippen LogP contribution is -2.14. The van der Waals surface area contributed by atoms with Crippen molar-refractivity contribution >= 4 is 23.2 Å². The molecule has 106 valence electrons. The molecule has 2 aromatic rings. The maximum absolute atomic E-state index is 13.1. The summed E-state index contributed by atoms with van der Waals surface area (Å²) in [7, 11) is 0. The molecule has 0 radical (unpaired) electrons. The zero-order valence-electron chi connectivity index (χ0n) is 11.3. The topological polar surface area (TPSA) is 55.1 Å². The predicted molar refractivity (Wildman–Crippen MR) is 74.7 cm³/mol. The Hall–Kier alpha value is -1.88. The second-order valence-electron chi connectivity index (χ2n) is 4.74. The van der Waals surface area contributed by atoms with Crippen molar-refractivity contribution in [2.45, 2.75) is 26.7 Å². The van der Waals surface area contributed by atoms with Gasteiger partial charge in [-0.1, -0.05) is 30.6 Å². The molecule has 0 fully saturated rings. The molecule has 0 aliphatic carbocycles. The first-order chi connectivity index (χ1) is 9.40. The van der Waals surface area contributed by atoms with Crippen molar-refractivity contribution < 1.29 is 13.7 Å². The minimum atomic E-state index is -0.534. The monoisotopic (exact) mass is 296 g/mol. The Bertz CT molecular complexity index is 653. The molecular formula is C14H14ClFN2O2. The van der Waals surface area contributed by atoms with E-state index in [4.69, 9.17) is 16.1 Å². The number of aryl methyl sites for hydroxylation is 1. The number of rotatable bonds is 3. The second-order valence-corrected chi connectivity index (χ2v) is 5.15. The predicted octanol–water partition coefficient (Wildman–Crippen LogP) is 4.15. The first-order valence-electron chi connectivity index (χ1n) is 6.12. The second kappa shape index (κ2) is 5.63. The van der Waals surface area contributed by atoms with E-state index in [2.05, 4.69) is 10.5 Å². The average molecular weight is 297 g/mol. The third-order valence-electron chi connectivity index (χ3n) is 2.82. The molecule has 0 atom stereocenters. The molecule has 0 saturated heterocycles. The van der Waals surface area contributed by atoms with E-state index in [-0.39, 0.29) is 16.8 Å². The number of nitrogens with zero attached hydrogens (tertiary/aromatic N) is 1. The number of halogens is 2. The van der Waals surface area contributed by atoms with Crippen molar-refractivity contribution in [3.63, 3.8) is 0 Å². The van der Waals surface area contributed by atoms with Gasteiger partial charge in [-0.2, -0.15) is 0 Å². The number of benzene rings is 1. The molecule has 1 aromatic heterocycles. The molecule has 20 heavy (non-hydrogen) atoms. The molecular weight excluding hydrogens is 283 g/mol. The largest absolute Gasteiger partial charge is 0.360 e. The van der Waals surface area contributed by atoms with Crippen molar-refractivity contribution in [1.29, 1.82) is 0 Å². The Morgan fingerprint density at radius 1 is 1.45 bits per heavy atom. The quantitative estimate of drug-likeness (QED) is 0.925. The summed E-state index contributed by atoms with van der Waals surface area (Å²) in [5.74, 6) is -0.328. The molecule has 0 bridgehead atoms. The summed E-state index contributed by atoms with van der Waals surface area (Å²) in [5.41, 5.74) is 1.33. The number of nitrogens with one attached hydrogen (secondary N) is 1. The number of hydrogen-bond acceptors (Lipinski definition) is 3. The molecule has 2 rings (SSSR count). The lowest BCUT2D eigenvalue weighted by molar-refractivity contribution is 0.102. The number of amides is 1. The van der Waals surface area contributed by atoms with Gasteiger partial charge in [0, 0.05) is 11.6 Å². The lowest BCUT2D eigenvalue weighted by Gasteiger charge is -2.07. The van der Waals surface area contributed by atoms with E-state index < -0.39 is 5.82 Å². The van der Waals surface area contributed by atoms with Gasteiger partial charge in [0.15, 0.2) is 5.76 Å². The minimum Gasteiger partial charge on any atom is -0.360 e. The molecule has 6 heteroatoms. The Balaban J connectivity index is 2.28. The van der Waals surface area contributed by atoms with Crippen LogP contribution in [0.3, 0.4) is 0 Å². The van der Waals surface area contributed by atoms with Crippen LogP contribution in [0.15, 0.2) is 22.7 Å². The molecule has 0 saturated carbocycles. The number of carbonyl (C=O) groups is 1. The van der Waals surface area contributed by atoms with Crippen LogP contribution in [-0.4, -0.2) is 11.1 Å². The van der Waals surface area contributed by atoms with Crippen LogP contribution >= 0.6 is 11.6 Å². The van der Waals surface area contributed by atoms with Gasteiger partial charge in [-0.05, 0) is 25.1 Å². The van der Waals surface area contributed by atoms with Crippen LogP contribution in [0.25, 0.3) is 0 Å². The molecule has 1 amide bonds. The molecule has 1 N–H and O–H groups in total. The van der Waals surface area contributed by atoms with Crippen LogP contribution in [0.4, 0.5) is 10.1 Å². The highest BCUT2D eigenvalue weighted by Crippen LogP contribution is 2.24. The third kappa shape index (κ3) is 2.82. The maximum Gasteiger partial charge on any atom is 0.261 e. The van der Waals surface area contributed by atoms with Gasteiger partial charge in [0.05, 0.1) is 10.7 Å². The first-order valence-corrected chi connectivity index (χ1v) is 6.50. The molecule has 0 aliphatic rings. The Labute approximate surface area is 120 Å². The van der Waals surface area contributed by atoms with Gasteiger partial charge in [0.2, 0.25) is 0 Å². The van der Waals surface area contributed by atoms with Crippen molar-refractivity contribution in [1.82, 2.24) is 5.16 Å². The van der Waals surface area contributed by atoms with Crippen molar-refractivity contribution in [3.8, 4) is 0 Å². The van der Waals surface area contributed by atoms with E-state index >= 15 is 0 Å². The Kier molecular flexibility index (Phi) is 4.09. The standard InChI is InChI=1S/C14H14ClFN2O2/c1-7(2)13-12(8(3)18-20-13)14(19)17-9-4-5-11(16)10(15)6-9/h4-7H,1-3H3,(H,17,19). The van der Waals surface area contributed by atoms with E-state index in [1.54, 1.807) is 6.92 Å². The SMILES string of the molecule is Cc1noc(C(C)C)c1C(=O)Nc1ccc(F)c(Cl)c1. The zero-order valence-corrected chi connectivity index (χ0v) is 12.1. The Morgan fingerprint density at radius 2 is 2.15 bits per heavy atom. The summed E-state index contributed by atoms with van der Waals surface area (Å²) in [5, 5.41) is 6.42. The van der Waals surface area contributed by atoms with E-state index in [0.29, 0.717) is 22.7 Å². The normalized spacial score (nSPS) is 10.9. The van der Waals surface area contributed by atoms with Crippen molar-refractivity contribution in [2.24, 2.45) is 0 Å². The third-order valence-corrected chi connectivity index (χ3v) is 3.11. The highest BCUT2D eigenvalue weighted by atomic mass is 35.5. The fourth-order valence-corrected chi connectivity index (χ4v) is 2.01.